The number of alkyl halides is 2. The number of aliphatic carboxylic acids is 1. The molecule has 1 aliphatic carbocycles. The predicted octanol–water partition coefficient (Wildman–Crippen LogP) is 2.97. The molecule has 0 radical (unpaired) electrons. The SMILES string of the molecule is O=C(O)[C@@H]1[C@@H](c2ccccc2)C1(Br)Br. The van der Waals surface area contributed by atoms with Gasteiger partial charge in [-0.1, -0.05) is 62.2 Å². The summed E-state index contributed by atoms with van der Waals surface area (Å²) in [6, 6.07) is 9.66. The second-order valence-corrected chi connectivity index (χ2v) is 7.07. The Morgan fingerprint density at radius 2 is 1.86 bits per heavy atom. The molecule has 1 saturated carbocycles. The fourth-order valence-electron chi connectivity index (χ4n) is 1.71. The maximum absolute atomic E-state index is 10.9. The van der Waals surface area contributed by atoms with Crippen LogP contribution in [-0.4, -0.2) is 14.3 Å². The van der Waals surface area contributed by atoms with Crippen LogP contribution in [0.4, 0.5) is 0 Å². The molecule has 74 valence electrons. The highest BCUT2D eigenvalue weighted by molar-refractivity contribution is 9.25. The Kier molecular flexibility index (Phi) is 2.43. The van der Waals surface area contributed by atoms with Gasteiger partial charge in [0.15, 0.2) is 0 Å². The molecule has 0 aromatic heterocycles. The van der Waals surface area contributed by atoms with Gasteiger partial charge in [-0.25, -0.2) is 0 Å². The van der Waals surface area contributed by atoms with Crippen molar-refractivity contribution in [3.8, 4) is 0 Å². The summed E-state index contributed by atoms with van der Waals surface area (Å²) < 4.78 is -0.465. The normalized spacial score (nSPS) is 28.4. The van der Waals surface area contributed by atoms with E-state index in [0.717, 1.165) is 5.56 Å². The number of benzene rings is 1. The Balaban J connectivity index is 2.28. The van der Waals surface area contributed by atoms with E-state index in [0.29, 0.717) is 0 Å². The lowest BCUT2D eigenvalue weighted by Gasteiger charge is -1.98. The van der Waals surface area contributed by atoms with E-state index in [-0.39, 0.29) is 11.8 Å². The third-order valence-electron chi connectivity index (χ3n) is 2.48. The molecule has 0 unspecified atom stereocenters. The fourth-order valence-corrected chi connectivity index (χ4v) is 3.42. The van der Waals surface area contributed by atoms with Gasteiger partial charge in [0, 0.05) is 5.92 Å². The lowest BCUT2D eigenvalue weighted by Crippen LogP contribution is -2.02. The van der Waals surface area contributed by atoms with Crippen molar-refractivity contribution in [3.05, 3.63) is 35.9 Å². The minimum Gasteiger partial charge on any atom is -0.481 e. The zero-order valence-corrected chi connectivity index (χ0v) is 10.3. The minimum atomic E-state index is -0.771. The molecule has 0 aliphatic heterocycles. The summed E-state index contributed by atoms with van der Waals surface area (Å²) in [6.07, 6.45) is 0. The molecule has 1 fully saturated rings. The second-order valence-electron chi connectivity index (χ2n) is 3.38. The molecule has 0 saturated heterocycles. The van der Waals surface area contributed by atoms with Crippen LogP contribution in [0.15, 0.2) is 30.3 Å². The summed E-state index contributed by atoms with van der Waals surface area (Å²) in [6.45, 7) is 0. The van der Waals surface area contributed by atoms with Gasteiger partial charge in [-0.2, -0.15) is 0 Å². The van der Waals surface area contributed by atoms with Crippen LogP contribution in [0.25, 0.3) is 0 Å². The van der Waals surface area contributed by atoms with Crippen LogP contribution in [0.1, 0.15) is 11.5 Å². The minimum absolute atomic E-state index is 0.0150. The fraction of sp³-hybridized carbons (Fsp3) is 0.300. The van der Waals surface area contributed by atoms with Crippen molar-refractivity contribution in [3.63, 3.8) is 0 Å². The molecule has 1 aromatic rings. The molecule has 1 N–H and O–H groups in total. The van der Waals surface area contributed by atoms with Gasteiger partial charge in [0.05, 0.1) is 5.92 Å². The van der Waals surface area contributed by atoms with E-state index in [1.165, 1.54) is 0 Å². The summed E-state index contributed by atoms with van der Waals surface area (Å²) in [5.41, 5.74) is 1.05. The van der Waals surface area contributed by atoms with E-state index < -0.39 is 9.20 Å². The molecule has 2 atom stereocenters. The smallest absolute Gasteiger partial charge is 0.309 e. The quantitative estimate of drug-likeness (QED) is 0.851. The van der Waals surface area contributed by atoms with E-state index in [1.54, 1.807) is 0 Å². The molecule has 1 aromatic carbocycles. The zero-order chi connectivity index (χ0) is 10.3. The van der Waals surface area contributed by atoms with Crippen molar-refractivity contribution in [2.75, 3.05) is 0 Å². The highest BCUT2D eigenvalue weighted by Crippen LogP contribution is 2.67. The van der Waals surface area contributed by atoms with Gasteiger partial charge in [0.25, 0.3) is 0 Å². The Morgan fingerprint density at radius 3 is 2.29 bits per heavy atom. The van der Waals surface area contributed by atoms with Gasteiger partial charge in [-0.3, -0.25) is 4.79 Å². The summed E-state index contributed by atoms with van der Waals surface area (Å²) in [5.74, 6) is -1.14. The average Bonchev–Trinajstić information content (AvgIpc) is 2.71. The number of carboxylic acid groups (broad SMARTS) is 1. The van der Waals surface area contributed by atoms with Gasteiger partial charge >= 0.3 is 5.97 Å². The first kappa shape index (κ1) is 10.2. The first-order chi connectivity index (χ1) is 6.55. The van der Waals surface area contributed by atoms with Crippen LogP contribution in [0.2, 0.25) is 0 Å². The first-order valence-corrected chi connectivity index (χ1v) is 5.79. The Labute approximate surface area is 98.6 Å². The van der Waals surface area contributed by atoms with Gasteiger partial charge in [0.2, 0.25) is 0 Å². The number of carbonyl (C=O) groups is 1. The van der Waals surface area contributed by atoms with Crippen molar-refractivity contribution < 1.29 is 9.90 Å². The van der Waals surface area contributed by atoms with Gasteiger partial charge in [-0.15, -0.1) is 0 Å². The summed E-state index contributed by atoms with van der Waals surface area (Å²) in [5, 5.41) is 8.96. The van der Waals surface area contributed by atoms with Gasteiger partial charge < -0.3 is 5.11 Å². The molecule has 14 heavy (non-hydrogen) atoms. The lowest BCUT2D eigenvalue weighted by molar-refractivity contribution is -0.138. The maximum atomic E-state index is 10.9. The van der Waals surface area contributed by atoms with Crippen molar-refractivity contribution in [1.82, 2.24) is 0 Å². The monoisotopic (exact) mass is 318 g/mol. The standard InChI is InChI=1S/C10H8Br2O2/c11-10(12)7(8(10)9(13)14)6-4-2-1-3-5-6/h1-5,7-8H,(H,13,14)/t7-,8+/m1/s1. The molecule has 2 rings (SSSR count). The van der Waals surface area contributed by atoms with E-state index in [2.05, 4.69) is 31.9 Å². The van der Waals surface area contributed by atoms with E-state index in [9.17, 15) is 4.79 Å². The van der Waals surface area contributed by atoms with Crippen LogP contribution in [0.3, 0.4) is 0 Å². The van der Waals surface area contributed by atoms with Gasteiger partial charge in [-0.05, 0) is 5.56 Å². The molecule has 1 aliphatic rings. The highest BCUT2D eigenvalue weighted by Gasteiger charge is 2.66. The van der Waals surface area contributed by atoms with Crippen LogP contribution >= 0.6 is 31.9 Å². The number of halogens is 2. The molecule has 0 bridgehead atoms. The topological polar surface area (TPSA) is 37.3 Å². The lowest BCUT2D eigenvalue weighted by atomic mass is 10.1. The van der Waals surface area contributed by atoms with Crippen LogP contribution < -0.4 is 0 Å². The maximum Gasteiger partial charge on any atom is 0.309 e. The number of carboxylic acids is 1. The summed E-state index contributed by atoms with van der Waals surface area (Å²) >= 11 is 6.78. The van der Waals surface area contributed by atoms with Crippen molar-refractivity contribution in [2.24, 2.45) is 5.92 Å². The largest absolute Gasteiger partial charge is 0.481 e. The first-order valence-electron chi connectivity index (χ1n) is 4.20. The Bertz CT molecular complexity index is 362. The third-order valence-corrected chi connectivity index (χ3v) is 4.45. The van der Waals surface area contributed by atoms with E-state index >= 15 is 0 Å². The Hall–Kier alpha value is -0.350. The molecule has 2 nitrogen and oxygen atoms in total. The summed E-state index contributed by atoms with van der Waals surface area (Å²) in [7, 11) is 0. The van der Waals surface area contributed by atoms with Crippen LogP contribution in [0.5, 0.6) is 0 Å². The van der Waals surface area contributed by atoms with Crippen molar-refractivity contribution in [2.45, 2.75) is 9.15 Å². The predicted molar refractivity (Wildman–Crippen MR) is 60.9 cm³/mol. The highest BCUT2D eigenvalue weighted by atomic mass is 79.9. The molecule has 4 heteroatoms. The molecule has 0 spiro atoms. The van der Waals surface area contributed by atoms with Crippen molar-refractivity contribution in [1.29, 1.82) is 0 Å². The number of hydrogen-bond acceptors (Lipinski definition) is 1. The molecule has 0 heterocycles. The van der Waals surface area contributed by atoms with E-state index in [4.69, 9.17) is 5.11 Å². The summed E-state index contributed by atoms with van der Waals surface area (Å²) in [4.78, 5) is 10.9. The molecular formula is C10H8Br2O2. The van der Waals surface area contributed by atoms with E-state index in [1.807, 2.05) is 30.3 Å². The second kappa shape index (κ2) is 3.35. The molecular weight excluding hydrogens is 312 g/mol. The average molecular weight is 320 g/mol. The van der Waals surface area contributed by atoms with Gasteiger partial charge in [0.1, 0.15) is 3.23 Å². The molecule has 0 amide bonds. The third kappa shape index (κ3) is 1.50. The number of rotatable bonds is 2. The Morgan fingerprint density at radius 1 is 1.29 bits per heavy atom. The van der Waals surface area contributed by atoms with Crippen LogP contribution in [-0.2, 0) is 4.79 Å². The van der Waals surface area contributed by atoms with Crippen molar-refractivity contribution >= 4 is 37.8 Å². The van der Waals surface area contributed by atoms with Crippen LogP contribution in [0, 0.1) is 5.92 Å². The number of hydrogen-bond donors (Lipinski definition) is 1. The zero-order valence-electron chi connectivity index (χ0n) is 7.15.